The number of piperidine rings is 1. The number of hydrogen-bond acceptors (Lipinski definition) is 2. The van der Waals surface area contributed by atoms with Gasteiger partial charge in [0.2, 0.25) is 0 Å². The maximum Gasteiger partial charge on any atom is 0.0278 e. The maximum atomic E-state index is 3.74. The summed E-state index contributed by atoms with van der Waals surface area (Å²) in [5.74, 6) is 0. The average Bonchev–Trinajstić information content (AvgIpc) is 2.13. The molecule has 0 bridgehead atoms. The van der Waals surface area contributed by atoms with Crippen LogP contribution in [0.2, 0.25) is 0 Å². The first-order valence-electron chi connectivity index (χ1n) is 6.12. The molecule has 0 radical (unpaired) electrons. The van der Waals surface area contributed by atoms with Crippen molar-refractivity contribution >= 4 is 0 Å². The van der Waals surface area contributed by atoms with E-state index in [2.05, 4.69) is 24.5 Å². The van der Waals surface area contributed by atoms with Crippen molar-refractivity contribution in [1.82, 2.24) is 10.6 Å². The van der Waals surface area contributed by atoms with E-state index in [1.807, 2.05) is 0 Å². The van der Waals surface area contributed by atoms with Crippen LogP contribution in [0, 0.1) is 0 Å². The van der Waals surface area contributed by atoms with E-state index in [9.17, 15) is 0 Å². The predicted molar refractivity (Wildman–Crippen MR) is 60.5 cm³/mol. The summed E-state index contributed by atoms with van der Waals surface area (Å²) in [4.78, 5) is 0. The first kappa shape index (κ1) is 10.4. The van der Waals surface area contributed by atoms with Crippen molar-refractivity contribution in [3.05, 3.63) is 0 Å². The highest BCUT2D eigenvalue weighted by Crippen LogP contribution is 2.31. The third-order valence-electron chi connectivity index (χ3n) is 4.07. The molecule has 2 rings (SSSR count). The molecule has 1 atom stereocenters. The Morgan fingerprint density at radius 1 is 1.07 bits per heavy atom. The Bertz CT molecular complexity index is 190. The Hall–Kier alpha value is -0.0800. The highest BCUT2D eigenvalue weighted by Gasteiger charge is 2.34. The van der Waals surface area contributed by atoms with E-state index in [0.29, 0.717) is 11.1 Å². The molecule has 0 aromatic carbocycles. The zero-order valence-corrected chi connectivity index (χ0v) is 9.66. The quantitative estimate of drug-likeness (QED) is 0.722. The zero-order chi connectivity index (χ0) is 10.1. The molecular formula is C12H24N2. The average molecular weight is 196 g/mol. The molecule has 2 aliphatic rings. The Labute approximate surface area is 87.8 Å². The van der Waals surface area contributed by atoms with Gasteiger partial charge < -0.3 is 10.6 Å². The molecule has 2 fully saturated rings. The fourth-order valence-electron chi connectivity index (χ4n) is 2.56. The minimum atomic E-state index is 0.358. The summed E-state index contributed by atoms with van der Waals surface area (Å²) in [6.45, 7) is 7.07. The second-order valence-corrected chi connectivity index (χ2v) is 5.71. The van der Waals surface area contributed by atoms with Crippen LogP contribution >= 0.6 is 0 Å². The largest absolute Gasteiger partial charge is 0.310 e. The number of hydrogen-bond donors (Lipinski definition) is 2. The third-order valence-corrected chi connectivity index (χ3v) is 4.07. The lowest BCUT2D eigenvalue weighted by Crippen LogP contribution is -2.58. The maximum absolute atomic E-state index is 3.74. The summed E-state index contributed by atoms with van der Waals surface area (Å²) in [5, 5.41) is 7.40. The van der Waals surface area contributed by atoms with E-state index in [-0.39, 0.29) is 0 Å². The van der Waals surface area contributed by atoms with E-state index >= 15 is 0 Å². The second kappa shape index (κ2) is 3.82. The van der Waals surface area contributed by atoms with Gasteiger partial charge in [0.15, 0.2) is 0 Å². The van der Waals surface area contributed by atoms with Crippen LogP contribution in [0.3, 0.4) is 0 Å². The van der Waals surface area contributed by atoms with Gasteiger partial charge in [-0.05, 0) is 52.5 Å². The standard InChI is InChI=1S/C12H24N2/c1-11(7-5-8-11)14-10-12(2)6-3-4-9-13-12/h13-14H,3-10H2,1-2H3. The molecule has 82 valence electrons. The van der Waals surface area contributed by atoms with Crippen LogP contribution in [-0.2, 0) is 0 Å². The Balaban J connectivity index is 1.77. The smallest absolute Gasteiger partial charge is 0.0278 e. The van der Waals surface area contributed by atoms with Crippen LogP contribution in [0.4, 0.5) is 0 Å². The third kappa shape index (κ3) is 2.29. The van der Waals surface area contributed by atoms with Gasteiger partial charge >= 0.3 is 0 Å². The molecule has 0 amide bonds. The van der Waals surface area contributed by atoms with Crippen molar-refractivity contribution in [2.45, 2.75) is 63.5 Å². The van der Waals surface area contributed by atoms with Gasteiger partial charge in [-0.2, -0.15) is 0 Å². The molecule has 2 heteroatoms. The first-order chi connectivity index (χ1) is 6.62. The van der Waals surface area contributed by atoms with Gasteiger partial charge in [-0.3, -0.25) is 0 Å². The number of nitrogens with one attached hydrogen (secondary N) is 2. The molecule has 0 aromatic heterocycles. The van der Waals surface area contributed by atoms with Gasteiger partial charge in [0.1, 0.15) is 0 Å². The monoisotopic (exact) mass is 196 g/mol. The normalized spacial score (nSPS) is 36.4. The molecule has 1 aliphatic heterocycles. The minimum Gasteiger partial charge on any atom is -0.310 e. The van der Waals surface area contributed by atoms with Crippen molar-refractivity contribution in [3.63, 3.8) is 0 Å². The zero-order valence-electron chi connectivity index (χ0n) is 9.66. The van der Waals surface area contributed by atoms with E-state index in [1.54, 1.807) is 0 Å². The van der Waals surface area contributed by atoms with Crippen molar-refractivity contribution < 1.29 is 0 Å². The van der Waals surface area contributed by atoms with Crippen LogP contribution in [0.25, 0.3) is 0 Å². The van der Waals surface area contributed by atoms with Gasteiger partial charge in [-0.1, -0.05) is 6.42 Å². The van der Waals surface area contributed by atoms with Gasteiger partial charge in [0, 0.05) is 17.6 Å². The summed E-state index contributed by atoms with van der Waals surface area (Å²) >= 11 is 0. The number of rotatable bonds is 3. The molecule has 1 saturated heterocycles. The van der Waals surface area contributed by atoms with Crippen molar-refractivity contribution in [2.24, 2.45) is 0 Å². The molecule has 1 aliphatic carbocycles. The highest BCUT2D eigenvalue weighted by molar-refractivity contribution is 4.96. The fourth-order valence-corrected chi connectivity index (χ4v) is 2.56. The Morgan fingerprint density at radius 2 is 1.86 bits per heavy atom. The van der Waals surface area contributed by atoms with Crippen LogP contribution in [0.5, 0.6) is 0 Å². The fraction of sp³-hybridized carbons (Fsp3) is 1.00. The molecule has 1 unspecified atom stereocenters. The summed E-state index contributed by atoms with van der Waals surface area (Å²) < 4.78 is 0. The molecule has 0 aromatic rings. The van der Waals surface area contributed by atoms with Gasteiger partial charge in [-0.15, -0.1) is 0 Å². The SMILES string of the molecule is CC1(NCC2(C)CCCCN2)CCC1. The highest BCUT2D eigenvalue weighted by atomic mass is 15.1. The van der Waals surface area contributed by atoms with E-state index in [0.717, 1.165) is 6.54 Å². The molecule has 1 saturated carbocycles. The topological polar surface area (TPSA) is 24.1 Å². The summed E-state index contributed by atoms with van der Waals surface area (Å²) in [6, 6.07) is 0. The lowest BCUT2D eigenvalue weighted by Gasteiger charge is -2.44. The summed E-state index contributed by atoms with van der Waals surface area (Å²) in [6.07, 6.45) is 8.21. The van der Waals surface area contributed by atoms with Crippen molar-refractivity contribution in [1.29, 1.82) is 0 Å². The van der Waals surface area contributed by atoms with Gasteiger partial charge in [0.25, 0.3) is 0 Å². The molecule has 0 spiro atoms. The lowest BCUT2D eigenvalue weighted by atomic mass is 9.77. The van der Waals surface area contributed by atoms with Crippen LogP contribution in [0.15, 0.2) is 0 Å². The molecule has 14 heavy (non-hydrogen) atoms. The Morgan fingerprint density at radius 3 is 2.36 bits per heavy atom. The van der Waals surface area contributed by atoms with Gasteiger partial charge in [-0.25, -0.2) is 0 Å². The predicted octanol–water partition coefficient (Wildman–Crippen LogP) is 2.05. The molecule has 2 nitrogen and oxygen atoms in total. The minimum absolute atomic E-state index is 0.358. The van der Waals surface area contributed by atoms with Crippen LogP contribution in [0.1, 0.15) is 52.4 Å². The van der Waals surface area contributed by atoms with E-state index in [1.165, 1.54) is 45.1 Å². The first-order valence-corrected chi connectivity index (χ1v) is 6.12. The Kier molecular flexibility index (Phi) is 2.85. The molecule has 2 N–H and O–H groups in total. The van der Waals surface area contributed by atoms with Crippen molar-refractivity contribution in [3.8, 4) is 0 Å². The van der Waals surface area contributed by atoms with Gasteiger partial charge in [0.05, 0.1) is 0 Å². The summed E-state index contributed by atoms with van der Waals surface area (Å²) in [5.41, 5.74) is 0.818. The van der Waals surface area contributed by atoms with Crippen molar-refractivity contribution in [2.75, 3.05) is 13.1 Å². The van der Waals surface area contributed by atoms with Crippen LogP contribution in [-0.4, -0.2) is 24.2 Å². The molecule has 1 heterocycles. The lowest BCUT2D eigenvalue weighted by molar-refractivity contribution is 0.170. The van der Waals surface area contributed by atoms with E-state index < -0.39 is 0 Å². The van der Waals surface area contributed by atoms with Crippen LogP contribution < -0.4 is 10.6 Å². The van der Waals surface area contributed by atoms with E-state index in [4.69, 9.17) is 0 Å². The second-order valence-electron chi connectivity index (χ2n) is 5.71. The molecular weight excluding hydrogens is 172 g/mol. The summed E-state index contributed by atoms with van der Waals surface area (Å²) in [7, 11) is 0.